The number of imidazole rings is 1. The molecule has 5 heteroatoms. The number of nitrogens with one attached hydrogen (secondary N) is 1. The zero-order chi connectivity index (χ0) is 13.5. The molecule has 5 nitrogen and oxygen atoms in total. The van der Waals surface area contributed by atoms with Crippen molar-refractivity contribution in [2.45, 2.75) is 6.54 Å². The minimum Gasteiger partial charge on any atom is -0.493 e. The van der Waals surface area contributed by atoms with Crippen molar-refractivity contribution in [3.63, 3.8) is 0 Å². The molecule has 0 fully saturated rings. The van der Waals surface area contributed by atoms with Gasteiger partial charge in [-0.2, -0.15) is 0 Å². The summed E-state index contributed by atoms with van der Waals surface area (Å²) in [6.07, 6.45) is 3.73. The number of benzene rings is 1. The first-order valence-electron chi connectivity index (χ1n) is 6.24. The quantitative estimate of drug-likeness (QED) is 0.769. The summed E-state index contributed by atoms with van der Waals surface area (Å²) in [4.78, 5) is 4.24. The third kappa shape index (κ3) is 3.72. The van der Waals surface area contributed by atoms with Crippen LogP contribution < -0.4 is 14.8 Å². The van der Waals surface area contributed by atoms with Crippen molar-refractivity contribution in [3.05, 3.63) is 42.5 Å². The van der Waals surface area contributed by atoms with Gasteiger partial charge in [-0.05, 0) is 12.1 Å². The van der Waals surface area contributed by atoms with Crippen LogP contribution in [0.3, 0.4) is 0 Å². The fraction of sp³-hybridized carbons (Fsp3) is 0.357. The Kier molecular flexibility index (Phi) is 4.80. The van der Waals surface area contributed by atoms with Crippen LogP contribution in [0.25, 0.3) is 0 Å². The summed E-state index contributed by atoms with van der Waals surface area (Å²) < 4.78 is 12.9. The van der Waals surface area contributed by atoms with Crippen LogP contribution in [-0.4, -0.2) is 29.8 Å². The van der Waals surface area contributed by atoms with Crippen molar-refractivity contribution in [2.75, 3.05) is 20.3 Å². The molecule has 19 heavy (non-hydrogen) atoms. The lowest BCUT2D eigenvalue weighted by Crippen LogP contribution is -2.22. The van der Waals surface area contributed by atoms with Gasteiger partial charge in [0.25, 0.3) is 0 Å². The smallest absolute Gasteiger partial charge is 0.161 e. The Balaban J connectivity index is 1.71. The van der Waals surface area contributed by atoms with Crippen molar-refractivity contribution in [1.82, 2.24) is 14.9 Å². The number of para-hydroxylation sites is 2. The van der Waals surface area contributed by atoms with E-state index in [1.807, 2.05) is 42.1 Å². The average molecular weight is 261 g/mol. The maximum Gasteiger partial charge on any atom is 0.161 e. The topological polar surface area (TPSA) is 48.3 Å². The first kappa shape index (κ1) is 13.4. The summed E-state index contributed by atoms with van der Waals surface area (Å²) in [5.74, 6) is 2.53. The third-order valence-electron chi connectivity index (χ3n) is 2.81. The Morgan fingerprint density at radius 1 is 1.26 bits per heavy atom. The molecule has 0 bridgehead atoms. The number of nitrogens with zero attached hydrogens (tertiary/aromatic N) is 2. The highest BCUT2D eigenvalue weighted by atomic mass is 16.5. The summed E-state index contributed by atoms with van der Waals surface area (Å²) in [5, 5.41) is 3.29. The molecule has 0 unspecified atom stereocenters. The lowest BCUT2D eigenvalue weighted by molar-refractivity contribution is 0.291. The number of hydrogen-bond acceptors (Lipinski definition) is 4. The number of aryl methyl sites for hydroxylation is 1. The number of aromatic nitrogens is 2. The summed E-state index contributed by atoms with van der Waals surface area (Å²) >= 11 is 0. The Labute approximate surface area is 113 Å². The van der Waals surface area contributed by atoms with Gasteiger partial charge in [-0.15, -0.1) is 0 Å². The first-order valence-corrected chi connectivity index (χ1v) is 6.24. The van der Waals surface area contributed by atoms with Crippen LogP contribution in [0.15, 0.2) is 36.7 Å². The molecule has 0 saturated carbocycles. The fourth-order valence-electron chi connectivity index (χ4n) is 1.74. The highest BCUT2D eigenvalue weighted by molar-refractivity contribution is 5.39. The Morgan fingerprint density at radius 2 is 2.05 bits per heavy atom. The number of hydrogen-bond donors (Lipinski definition) is 1. The van der Waals surface area contributed by atoms with E-state index in [0.717, 1.165) is 30.4 Å². The van der Waals surface area contributed by atoms with E-state index in [0.29, 0.717) is 6.61 Å². The predicted molar refractivity (Wildman–Crippen MR) is 73.4 cm³/mol. The molecule has 2 aromatic rings. The van der Waals surface area contributed by atoms with Gasteiger partial charge in [-0.3, -0.25) is 0 Å². The molecule has 1 N–H and O–H groups in total. The van der Waals surface area contributed by atoms with Crippen molar-refractivity contribution < 1.29 is 9.47 Å². The van der Waals surface area contributed by atoms with E-state index in [4.69, 9.17) is 9.47 Å². The maximum absolute atomic E-state index is 5.66. The largest absolute Gasteiger partial charge is 0.493 e. The van der Waals surface area contributed by atoms with Gasteiger partial charge in [-0.25, -0.2) is 4.98 Å². The molecule has 0 aliphatic rings. The van der Waals surface area contributed by atoms with Gasteiger partial charge in [0.05, 0.1) is 13.7 Å². The summed E-state index contributed by atoms with van der Waals surface area (Å²) in [7, 11) is 3.62. The molecule has 0 spiro atoms. The molecule has 1 aromatic heterocycles. The van der Waals surface area contributed by atoms with Gasteiger partial charge in [0.15, 0.2) is 11.5 Å². The second-order valence-electron chi connectivity index (χ2n) is 4.13. The van der Waals surface area contributed by atoms with E-state index in [-0.39, 0.29) is 0 Å². The summed E-state index contributed by atoms with van der Waals surface area (Å²) in [6, 6.07) is 7.64. The zero-order valence-electron chi connectivity index (χ0n) is 11.3. The van der Waals surface area contributed by atoms with Crippen LogP contribution in [0.5, 0.6) is 11.5 Å². The van der Waals surface area contributed by atoms with Gasteiger partial charge in [0, 0.05) is 26.0 Å². The van der Waals surface area contributed by atoms with Crippen LogP contribution in [0.4, 0.5) is 0 Å². The van der Waals surface area contributed by atoms with E-state index in [2.05, 4.69) is 10.3 Å². The zero-order valence-corrected chi connectivity index (χ0v) is 11.3. The Hall–Kier alpha value is -2.01. The molecule has 1 aromatic carbocycles. The van der Waals surface area contributed by atoms with E-state index in [1.165, 1.54) is 0 Å². The van der Waals surface area contributed by atoms with Gasteiger partial charge >= 0.3 is 0 Å². The highest BCUT2D eigenvalue weighted by Gasteiger charge is 2.02. The minimum absolute atomic E-state index is 0.588. The monoisotopic (exact) mass is 261 g/mol. The predicted octanol–water partition coefficient (Wildman–Crippen LogP) is 1.60. The second kappa shape index (κ2) is 6.80. The van der Waals surface area contributed by atoms with Crippen LogP contribution in [-0.2, 0) is 13.6 Å². The molecule has 1 heterocycles. The average Bonchev–Trinajstić information content (AvgIpc) is 2.84. The van der Waals surface area contributed by atoms with E-state index in [1.54, 1.807) is 13.3 Å². The summed E-state index contributed by atoms with van der Waals surface area (Å²) in [6.45, 7) is 2.08. The highest BCUT2D eigenvalue weighted by Crippen LogP contribution is 2.25. The molecule has 0 amide bonds. The van der Waals surface area contributed by atoms with Crippen molar-refractivity contribution in [3.8, 4) is 11.5 Å². The minimum atomic E-state index is 0.588. The van der Waals surface area contributed by atoms with Crippen LogP contribution in [0.1, 0.15) is 5.82 Å². The molecule has 0 aliphatic heterocycles. The van der Waals surface area contributed by atoms with Crippen molar-refractivity contribution >= 4 is 0 Å². The lowest BCUT2D eigenvalue weighted by atomic mass is 10.3. The first-order chi connectivity index (χ1) is 9.31. The summed E-state index contributed by atoms with van der Waals surface area (Å²) in [5.41, 5.74) is 0. The second-order valence-corrected chi connectivity index (χ2v) is 4.13. The van der Waals surface area contributed by atoms with Gasteiger partial charge < -0.3 is 19.4 Å². The van der Waals surface area contributed by atoms with Gasteiger partial charge in [0.2, 0.25) is 0 Å². The number of ether oxygens (including phenoxy) is 2. The van der Waals surface area contributed by atoms with Crippen molar-refractivity contribution in [2.24, 2.45) is 7.05 Å². The number of methoxy groups -OCH3 is 1. The molecule has 0 saturated heterocycles. The maximum atomic E-state index is 5.66. The molecule has 2 rings (SSSR count). The fourth-order valence-corrected chi connectivity index (χ4v) is 1.74. The molecular weight excluding hydrogens is 242 g/mol. The number of rotatable bonds is 7. The standard InChI is InChI=1S/C14H19N3O2/c1-17-9-7-16-14(17)11-15-8-10-19-13-6-4-3-5-12(13)18-2/h3-7,9,15H,8,10-11H2,1-2H3. The van der Waals surface area contributed by atoms with Crippen LogP contribution in [0, 0.1) is 0 Å². The van der Waals surface area contributed by atoms with E-state index < -0.39 is 0 Å². The van der Waals surface area contributed by atoms with Crippen LogP contribution >= 0.6 is 0 Å². The molecule has 102 valence electrons. The lowest BCUT2D eigenvalue weighted by Gasteiger charge is -2.10. The van der Waals surface area contributed by atoms with Crippen LogP contribution in [0.2, 0.25) is 0 Å². The van der Waals surface area contributed by atoms with E-state index >= 15 is 0 Å². The Bertz CT molecular complexity index is 511. The molecule has 0 atom stereocenters. The molecule has 0 aliphatic carbocycles. The Morgan fingerprint density at radius 3 is 2.74 bits per heavy atom. The van der Waals surface area contributed by atoms with Gasteiger partial charge in [-0.1, -0.05) is 12.1 Å². The van der Waals surface area contributed by atoms with Crippen molar-refractivity contribution in [1.29, 1.82) is 0 Å². The van der Waals surface area contributed by atoms with E-state index in [9.17, 15) is 0 Å². The SMILES string of the molecule is COc1ccccc1OCCNCc1nccn1C. The van der Waals surface area contributed by atoms with Gasteiger partial charge in [0.1, 0.15) is 12.4 Å². The normalized spacial score (nSPS) is 10.4. The third-order valence-corrected chi connectivity index (χ3v) is 2.81. The molecule has 0 radical (unpaired) electrons. The molecular formula is C14H19N3O2.